The van der Waals surface area contributed by atoms with Crippen molar-refractivity contribution in [3.8, 4) is 17.2 Å². The van der Waals surface area contributed by atoms with Gasteiger partial charge in [-0.25, -0.2) is 4.79 Å². The summed E-state index contributed by atoms with van der Waals surface area (Å²) < 4.78 is 21.3. The monoisotopic (exact) mass is 376 g/mol. The van der Waals surface area contributed by atoms with Gasteiger partial charge in [0.05, 0.1) is 21.3 Å². The average molecular weight is 377 g/mol. The minimum atomic E-state index is -0.480. The number of methoxy groups -OCH3 is 3. The summed E-state index contributed by atoms with van der Waals surface area (Å²) in [6.07, 6.45) is 2.50. The van der Waals surface area contributed by atoms with Gasteiger partial charge in [0.15, 0.2) is 11.5 Å². The van der Waals surface area contributed by atoms with Crippen LogP contribution in [0.15, 0.2) is 42.5 Å². The first kappa shape index (κ1) is 19.7. The van der Waals surface area contributed by atoms with Gasteiger partial charge in [-0.3, -0.25) is 0 Å². The van der Waals surface area contributed by atoms with Crippen LogP contribution in [0.25, 0.3) is 6.08 Å². The normalized spacial score (nSPS) is 11.9. The SMILES string of the molecule is COc1cc(/C=C/C(=O)O[C@H](C)c2ccccc2Cl)cc(OC)c1OC. The van der Waals surface area contributed by atoms with Crippen molar-refractivity contribution in [2.24, 2.45) is 0 Å². The number of hydrogen-bond donors (Lipinski definition) is 0. The van der Waals surface area contributed by atoms with Gasteiger partial charge < -0.3 is 18.9 Å². The zero-order valence-electron chi connectivity index (χ0n) is 15.1. The van der Waals surface area contributed by atoms with E-state index in [1.54, 1.807) is 31.2 Å². The molecule has 0 bridgehead atoms. The van der Waals surface area contributed by atoms with Crippen molar-refractivity contribution in [2.75, 3.05) is 21.3 Å². The fourth-order valence-corrected chi connectivity index (χ4v) is 2.73. The third kappa shape index (κ3) is 4.70. The first-order valence-electron chi connectivity index (χ1n) is 7.93. The zero-order valence-corrected chi connectivity index (χ0v) is 15.9. The van der Waals surface area contributed by atoms with E-state index in [1.807, 2.05) is 18.2 Å². The summed E-state index contributed by atoms with van der Waals surface area (Å²) in [7, 11) is 4.60. The van der Waals surface area contributed by atoms with E-state index in [4.69, 9.17) is 30.5 Å². The lowest BCUT2D eigenvalue weighted by Gasteiger charge is -2.14. The van der Waals surface area contributed by atoms with Crippen molar-refractivity contribution in [1.82, 2.24) is 0 Å². The first-order chi connectivity index (χ1) is 12.5. The molecule has 0 spiro atoms. The number of halogens is 1. The number of ether oxygens (including phenoxy) is 4. The fourth-order valence-electron chi connectivity index (χ4n) is 2.44. The highest BCUT2D eigenvalue weighted by atomic mass is 35.5. The Hall–Kier alpha value is -2.66. The number of rotatable bonds is 7. The summed E-state index contributed by atoms with van der Waals surface area (Å²) >= 11 is 6.12. The van der Waals surface area contributed by atoms with Crippen LogP contribution in [-0.2, 0) is 9.53 Å². The molecular weight excluding hydrogens is 356 g/mol. The van der Waals surface area contributed by atoms with Gasteiger partial charge in [0.1, 0.15) is 6.10 Å². The molecule has 0 unspecified atom stereocenters. The number of carbonyl (C=O) groups excluding carboxylic acids is 1. The van der Waals surface area contributed by atoms with Crippen LogP contribution in [-0.4, -0.2) is 27.3 Å². The van der Waals surface area contributed by atoms with Crippen LogP contribution in [0.2, 0.25) is 5.02 Å². The maximum Gasteiger partial charge on any atom is 0.331 e. The van der Waals surface area contributed by atoms with E-state index in [0.717, 1.165) is 5.56 Å². The van der Waals surface area contributed by atoms with Crippen LogP contribution >= 0.6 is 11.6 Å². The van der Waals surface area contributed by atoms with E-state index in [2.05, 4.69) is 0 Å². The summed E-state index contributed by atoms with van der Waals surface area (Å²) in [6, 6.07) is 10.7. The molecule has 0 amide bonds. The molecular formula is C20H21ClO5. The van der Waals surface area contributed by atoms with E-state index in [9.17, 15) is 4.79 Å². The molecule has 0 aromatic heterocycles. The Bertz CT molecular complexity index is 776. The van der Waals surface area contributed by atoms with Crippen LogP contribution in [0.3, 0.4) is 0 Å². The molecule has 1 atom stereocenters. The molecule has 0 aliphatic heterocycles. The van der Waals surface area contributed by atoms with Crippen molar-refractivity contribution in [3.05, 3.63) is 58.6 Å². The van der Waals surface area contributed by atoms with E-state index >= 15 is 0 Å². The van der Waals surface area contributed by atoms with E-state index in [0.29, 0.717) is 27.8 Å². The molecule has 2 rings (SSSR count). The topological polar surface area (TPSA) is 54.0 Å². The maximum absolute atomic E-state index is 12.1. The zero-order chi connectivity index (χ0) is 19.1. The van der Waals surface area contributed by atoms with Gasteiger partial charge in [0.25, 0.3) is 0 Å². The molecule has 0 saturated carbocycles. The number of esters is 1. The fraction of sp³-hybridized carbons (Fsp3) is 0.250. The molecule has 0 radical (unpaired) electrons. The number of benzene rings is 2. The van der Waals surface area contributed by atoms with Crippen LogP contribution in [0.1, 0.15) is 24.2 Å². The molecule has 0 fully saturated rings. The van der Waals surface area contributed by atoms with Crippen LogP contribution in [0.4, 0.5) is 0 Å². The molecule has 26 heavy (non-hydrogen) atoms. The molecule has 2 aromatic carbocycles. The average Bonchev–Trinajstić information content (AvgIpc) is 2.65. The Morgan fingerprint density at radius 3 is 2.19 bits per heavy atom. The molecule has 5 nitrogen and oxygen atoms in total. The van der Waals surface area contributed by atoms with Crippen molar-refractivity contribution >= 4 is 23.6 Å². The van der Waals surface area contributed by atoms with Crippen molar-refractivity contribution < 1.29 is 23.7 Å². The van der Waals surface area contributed by atoms with Crippen LogP contribution in [0, 0.1) is 0 Å². The van der Waals surface area contributed by atoms with Crippen molar-refractivity contribution in [1.29, 1.82) is 0 Å². The van der Waals surface area contributed by atoms with Gasteiger partial charge in [-0.1, -0.05) is 29.8 Å². The molecule has 6 heteroatoms. The molecule has 0 aliphatic carbocycles. The third-order valence-corrected chi connectivity index (χ3v) is 4.08. The first-order valence-corrected chi connectivity index (χ1v) is 8.31. The Morgan fingerprint density at radius 1 is 1.04 bits per heavy atom. The Morgan fingerprint density at radius 2 is 1.65 bits per heavy atom. The summed E-state index contributed by atoms with van der Waals surface area (Å²) in [5.41, 5.74) is 1.46. The Labute approximate surface area is 158 Å². The largest absolute Gasteiger partial charge is 0.493 e. The Balaban J connectivity index is 2.14. The van der Waals surface area contributed by atoms with Gasteiger partial charge >= 0.3 is 5.97 Å². The van der Waals surface area contributed by atoms with Gasteiger partial charge in [-0.05, 0) is 36.8 Å². The van der Waals surface area contributed by atoms with Gasteiger partial charge in [-0.15, -0.1) is 0 Å². The molecule has 0 saturated heterocycles. The minimum absolute atomic E-state index is 0.458. The second kappa shape index (κ2) is 9.15. The second-order valence-electron chi connectivity index (χ2n) is 5.39. The molecule has 0 aliphatic rings. The molecule has 138 valence electrons. The lowest BCUT2D eigenvalue weighted by atomic mass is 10.1. The summed E-state index contributed by atoms with van der Waals surface area (Å²) in [4.78, 5) is 12.1. The highest BCUT2D eigenvalue weighted by Gasteiger charge is 2.14. The smallest absolute Gasteiger partial charge is 0.331 e. The highest BCUT2D eigenvalue weighted by Crippen LogP contribution is 2.38. The van der Waals surface area contributed by atoms with E-state index in [1.165, 1.54) is 27.4 Å². The van der Waals surface area contributed by atoms with E-state index < -0.39 is 12.1 Å². The Kier molecular flexibility index (Phi) is 6.92. The molecule has 2 aromatic rings. The van der Waals surface area contributed by atoms with Gasteiger partial charge in [0.2, 0.25) is 5.75 Å². The van der Waals surface area contributed by atoms with Gasteiger partial charge in [0, 0.05) is 16.7 Å². The number of hydrogen-bond acceptors (Lipinski definition) is 5. The minimum Gasteiger partial charge on any atom is -0.493 e. The summed E-state index contributed by atoms with van der Waals surface area (Å²) in [5.74, 6) is 1.02. The van der Waals surface area contributed by atoms with Crippen molar-refractivity contribution in [3.63, 3.8) is 0 Å². The summed E-state index contributed by atoms with van der Waals surface area (Å²) in [6.45, 7) is 1.77. The molecule has 0 N–H and O–H groups in total. The summed E-state index contributed by atoms with van der Waals surface area (Å²) in [5, 5.41) is 0.557. The van der Waals surface area contributed by atoms with Crippen LogP contribution in [0.5, 0.6) is 17.2 Å². The van der Waals surface area contributed by atoms with Crippen molar-refractivity contribution in [2.45, 2.75) is 13.0 Å². The standard InChI is InChI=1S/C20H21ClO5/c1-13(15-7-5-6-8-16(15)21)26-19(22)10-9-14-11-17(23-2)20(25-4)18(12-14)24-3/h5-13H,1-4H3/b10-9+/t13-/m1/s1. The lowest BCUT2D eigenvalue weighted by Crippen LogP contribution is -2.06. The second-order valence-corrected chi connectivity index (χ2v) is 5.80. The van der Waals surface area contributed by atoms with E-state index in [-0.39, 0.29) is 0 Å². The van der Waals surface area contributed by atoms with Crippen LogP contribution < -0.4 is 14.2 Å². The third-order valence-electron chi connectivity index (χ3n) is 3.74. The molecule has 0 heterocycles. The predicted octanol–water partition coefficient (Wildman–Crippen LogP) is 4.68. The number of carbonyl (C=O) groups is 1. The maximum atomic E-state index is 12.1. The highest BCUT2D eigenvalue weighted by molar-refractivity contribution is 6.31. The lowest BCUT2D eigenvalue weighted by molar-refractivity contribution is -0.142. The quantitative estimate of drug-likeness (QED) is 0.518. The predicted molar refractivity (Wildman–Crippen MR) is 101 cm³/mol. The van der Waals surface area contributed by atoms with Gasteiger partial charge in [-0.2, -0.15) is 0 Å².